The Bertz CT molecular complexity index is 343. The van der Waals surface area contributed by atoms with Crippen LogP contribution in [0.4, 0.5) is 0 Å². The lowest BCUT2D eigenvalue weighted by Gasteiger charge is -2.04. The summed E-state index contributed by atoms with van der Waals surface area (Å²) in [6.45, 7) is 0. The van der Waals surface area contributed by atoms with E-state index in [1.54, 1.807) is 11.3 Å². The van der Waals surface area contributed by atoms with Crippen LogP contribution in [0.25, 0.3) is 5.57 Å². The van der Waals surface area contributed by atoms with Crippen molar-refractivity contribution < 1.29 is 0 Å². The number of hydrogen-bond acceptors (Lipinski definition) is 2. The molecule has 2 N–H and O–H groups in total. The van der Waals surface area contributed by atoms with Crippen molar-refractivity contribution in [1.29, 1.82) is 0 Å². The fraction of sp³-hybridized carbons (Fsp3) is 0.455. The van der Waals surface area contributed by atoms with Crippen LogP contribution in [0.15, 0.2) is 22.0 Å². The second kappa shape index (κ2) is 4.60. The van der Waals surface area contributed by atoms with E-state index in [-0.39, 0.29) is 6.04 Å². The van der Waals surface area contributed by atoms with E-state index in [0.717, 1.165) is 6.42 Å². The van der Waals surface area contributed by atoms with Crippen LogP contribution in [0.1, 0.15) is 30.6 Å². The molecule has 0 aliphatic heterocycles. The molecule has 0 bridgehead atoms. The van der Waals surface area contributed by atoms with E-state index in [4.69, 9.17) is 5.73 Å². The zero-order chi connectivity index (χ0) is 9.97. The summed E-state index contributed by atoms with van der Waals surface area (Å²) in [5, 5.41) is 2.12. The van der Waals surface area contributed by atoms with Gasteiger partial charge in [0.1, 0.15) is 0 Å². The average molecular weight is 272 g/mol. The van der Waals surface area contributed by atoms with Crippen LogP contribution >= 0.6 is 27.3 Å². The van der Waals surface area contributed by atoms with Gasteiger partial charge >= 0.3 is 0 Å². The first-order chi connectivity index (χ1) is 6.77. The van der Waals surface area contributed by atoms with E-state index in [1.807, 2.05) is 0 Å². The topological polar surface area (TPSA) is 26.0 Å². The Balaban J connectivity index is 2.28. The van der Waals surface area contributed by atoms with Crippen LogP contribution < -0.4 is 5.73 Å². The van der Waals surface area contributed by atoms with E-state index in [0.29, 0.717) is 0 Å². The molecular formula is C11H14BrNS. The highest BCUT2D eigenvalue weighted by atomic mass is 79.9. The summed E-state index contributed by atoms with van der Waals surface area (Å²) in [5.74, 6) is 0. The lowest BCUT2D eigenvalue weighted by molar-refractivity contribution is 0.658. The normalized spacial score (nSPS) is 23.0. The van der Waals surface area contributed by atoms with Crippen molar-refractivity contribution >= 4 is 32.8 Å². The molecule has 3 heteroatoms. The third-order valence-corrected chi connectivity index (χ3v) is 4.47. The zero-order valence-electron chi connectivity index (χ0n) is 8.00. The highest BCUT2D eigenvalue weighted by Crippen LogP contribution is 2.34. The van der Waals surface area contributed by atoms with Crippen molar-refractivity contribution in [3.63, 3.8) is 0 Å². The van der Waals surface area contributed by atoms with Gasteiger partial charge in [0.15, 0.2) is 0 Å². The first kappa shape index (κ1) is 10.4. The molecule has 1 aromatic rings. The van der Waals surface area contributed by atoms with Crippen molar-refractivity contribution in [3.8, 4) is 0 Å². The van der Waals surface area contributed by atoms with Gasteiger partial charge in [-0.15, -0.1) is 11.3 Å². The molecule has 0 fully saturated rings. The van der Waals surface area contributed by atoms with Crippen molar-refractivity contribution in [2.24, 2.45) is 5.73 Å². The zero-order valence-corrected chi connectivity index (χ0v) is 10.4. The molecule has 1 unspecified atom stereocenters. The van der Waals surface area contributed by atoms with E-state index >= 15 is 0 Å². The molecule has 0 saturated carbocycles. The molecule has 1 nitrogen and oxygen atoms in total. The smallest absolute Gasteiger partial charge is 0.0441 e. The molecule has 0 amide bonds. The molecule has 0 aromatic carbocycles. The van der Waals surface area contributed by atoms with E-state index < -0.39 is 0 Å². The highest BCUT2D eigenvalue weighted by Gasteiger charge is 2.12. The van der Waals surface area contributed by atoms with Crippen LogP contribution in [0.3, 0.4) is 0 Å². The van der Waals surface area contributed by atoms with Gasteiger partial charge in [-0.2, -0.15) is 0 Å². The second-order valence-electron chi connectivity index (χ2n) is 3.70. The summed E-state index contributed by atoms with van der Waals surface area (Å²) in [6.07, 6.45) is 7.07. The van der Waals surface area contributed by atoms with Gasteiger partial charge in [0.25, 0.3) is 0 Å². The maximum Gasteiger partial charge on any atom is 0.0441 e. The van der Waals surface area contributed by atoms with Crippen LogP contribution in [0.2, 0.25) is 0 Å². The van der Waals surface area contributed by atoms with Gasteiger partial charge in [-0.3, -0.25) is 0 Å². The molecule has 1 heterocycles. The first-order valence-electron chi connectivity index (χ1n) is 4.97. The Kier molecular flexibility index (Phi) is 3.42. The number of nitrogens with two attached hydrogens (primary N) is 1. The van der Waals surface area contributed by atoms with Gasteiger partial charge in [-0.25, -0.2) is 0 Å². The predicted molar refractivity (Wildman–Crippen MR) is 66.4 cm³/mol. The monoisotopic (exact) mass is 271 g/mol. The van der Waals surface area contributed by atoms with E-state index in [2.05, 4.69) is 33.5 Å². The van der Waals surface area contributed by atoms with Gasteiger partial charge in [-0.05, 0) is 52.2 Å². The minimum atomic E-state index is 0.251. The van der Waals surface area contributed by atoms with Gasteiger partial charge in [-0.1, -0.05) is 12.5 Å². The standard InChI is InChI=1S/C11H14BrNS/c12-10-5-6-14-11(10)8-3-1-2-4-9(13)7-8/h5-7,9H,1-4,13H2. The summed E-state index contributed by atoms with van der Waals surface area (Å²) in [7, 11) is 0. The highest BCUT2D eigenvalue weighted by molar-refractivity contribution is 9.10. The largest absolute Gasteiger partial charge is 0.324 e. The number of rotatable bonds is 1. The summed E-state index contributed by atoms with van der Waals surface area (Å²) < 4.78 is 1.21. The summed E-state index contributed by atoms with van der Waals surface area (Å²) >= 11 is 5.37. The van der Waals surface area contributed by atoms with E-state index in [1.165, 1.54) is 34.2 Å². The third kappa shape index (κ3) is 2.27. The third-order valence-electron chi connectivity index (χ3n) is 2.56. The first-order valence-corrected chi connectivity index (χ1v) is 6.64. The lowest BCUT2D eigenvalue weighted by atomic mass is 10.1. The summed E-state index contributed by atoms with van der Waals surface area (Å²) in [5.41, 5.74) is 7.42. The Hall–Kier alpha value is -0.120. The predicted octanol–water partition coefficient (Wildman–Crippen LogP) is 3.80. The Morgan fingerprint density at radius 1 is 1.43 bits per heavy atom. The molecule has 1 aliphatic rings. The number of thiophene rings is 1. The molecule has 1 aromatic heterocycles. The fourth-order valence-electron chi connectivity index (χ4n) is 1.83. The maximum atomic E-state index is 5.99. The van der Waals surface area contributed by atoms with Crippen molar-refractivity contribution in [2.45, 2.75) is 31.7 Å². The maximum absolute atomic E-state index is 5.99. The van der Waals surface area contributed by atoms with Crippen molar-refractivity contribution in [1.82, 2.24) is 0 Å². The van der Waals surface area contributed by atoms with Gasteiger partial charge in [0, 0.05) is 15.4 Å². The van der Waals surface area contributed by atoms with Gasteiger partial charge in [0.05, 0.1) is 0 Å². The SMILES string of the molecule is NC1C=C(c2sccc2Br)CCCC1. The minimum absolute atomic E-state index is 0.251. The molecule has 76 valence electrons. The van der Waals surface area contributed by atoms with Crippen LogP contribution in [0.5, 0.6) is 0 Å². The van der Waals surface area contributed by atoms with Crippen LogP contribution in [0, 0.1) is 0 Å². The van der Waals surface area contributed by atoms with Crippen molar-refractivity contribution in [2.75, 3.05) is 0 Å². The molecule has 1 aliphatic carbocycles. The average Bonchev–Trinajstić information content (AvgIpc) is 2.45. The van der Waals surface area contributed by atoms with Gasteiger partial charge in [0.2, 0.25) is 0 Å². The molecule has 2 rings (SSSR count). The summed E-state index contributed by atoms with van der Waals surface area (Å²) in [6, 6.07) is 2.36. The lowest BCUT2D eigenvalue weighted by Crippen LogP contribution is -2.15. The fourth-order valence-corrected chi connectivity index (χ4v) is 3.52. The molecule has 14 heavy (non-hydrogen) atoms. The van der Waals surface area contributed by atoms with Crippen molar-refractivity contribution in [3.05, 3.63) is 26.9 Å². The molecule has 1 atom stereocenters. The van der Waals surface area contributed by atoms with Crippen LogP contribution in [-0.4, -0.2) is 6.04 Å². The van der Waals surface area contributed by atoms with Crippen LogP contribution in [-0.2, 0) is 0 Å². The van der Waals surface area contributed by atoms with E-state index in [9.17, 15) is 0 Å². The Morgan fingerprint density at radius 3 is 3.00 bits per heavy atom. The summed E-state index contributed by atoms with van der Waals surface area (Å²) in [4.78, 5) is 1.36. The Morgan fingerprint density at radius 2 is 2.29 bits per heavy atom. The minimum Gasteiger partial charge on any atom is -0.324 e. The molecule has 0 spiro atoms. The second-order valence-corrected chi connectivity index (χ2v) is 5.47. The Labute approximate surface area is 97.1 Å². The molecule has 0 radical (unpaired) electrons. The number of hydrogen-bond donors (Lipinski definition) is 1. The molecular weight excluding hydrogens is 258 g/mol. The quantitative estimate of drug-likeness (QED) is 0.826. The number of allylic oxidation sites excluding steroid dienone is 1. The number of halogens is 1. The molecule has 0 saturated heterocycles. The van der Waals surface area contributed by atoms with Gasteiger partial charge < -0.3 is 5.73 Å².